The summed E-state index contributed by atoms with van der Waals surface area (Å²) in [7, 11) is 2.61. The molecule has 0 N–H and O–H groups in total. The van der Waals surface area contributed by atoms with Crippen LogP contribution in [0.4, 0.5) is 0 Å². The summed E-state index contributed by atoms with van der Waals surface area (Å²) in [4.78, 5) is 24.0. The van der Waals surface area contributed by atoms with E-state index >= 15 is 0 Å². The first kappa shape index (κ1) is 11.9. The molecule has 6 nitrogen and oxygen atoms in total. The highest BCUT2D eigenvalue weighted by molar-refractivity contribution is 5.86. The molecule has 0 unspecified atom stereocenters. The lowest BCUT2D eigenvalue weighted by molar-refractivity contribution is -0.160. The summed E-state index contributed by atoms with van der Waals surface area (Å²) in [5.41, 5.74) is -1.60. The highest BCUT2D eigenvalue weighted by Gasteiger charge is 2.83. The van der Waals surface area contributed by atoms with E-state index < -0.39 is 35.0 Å². The fourth-order valence-electron chi connectivity index (χ4n) is 3.71. The molecule has 0 aromatic carbocycles. The zero-order chi connectivity index (χ0) is 13.3. The molecule has 3 rings (SSSR count). The van der Waals surface area contributed by atoms with Gasteiger partial charge in [0.1, 0.15) is 35.2 Å². The van der Waals surface area contributed by atoms with Gasteiger partial charge in [0.25, 0.3) is 0 Å². The molecule has 18 heavy (non-hydrogen) atoms. The van der Waals surface area contributed by atoms with Crippen LogP contribution < -0.4 is 0 Å². The van der Waals surface area contributed by atoms with Gasteiger partial charge in [0, 0.05) is 0 Å². The Kier molecular flexibility index (Phi) is 2.15. The van der Waals surface area contributed by atoms with E-state index in [4.69, 9.17) is 18.9 Å². The largest absolute Gasteiger partial charge is 0.469 e. The number of carbonyl (C=O) groups is 2. The first-order valence-electron chi connectivity index (χ1n) is 5.91. The maximum Gasteiger partial charge on any atom is 0.312 e. The van der Waals surface area contributed by atoms with Crippen molar-refractivity contribution in [2.75, 3.05) is 14.2 Å². The summed E-state index contributed by atoms with van der Waals surface area (Å²) in [5, 5.41) is 0. The number of epoxide rings is 1. The quantitative estimate of drug-likeness (QED) is 0.507. The van der Waals surface area contributed by atoms with Crippen molar-refractivity contribution in [3.8, 4) is 0 Å². The molecule has 3 fully saturated rings. The van der Waals surface area contributed by atoms with Gasteiger partial charge < -0.3 is 18.9 Å². The maximum absolute atomic E-state index is 12.0. The van der Waals surface area contributed by atoms with Crippen LogP contribution in [0.2, 0.25) is 0 Å². The third kappa shape index (κ3) is 1.10. The van der Waals surface area contributed by atoms with E-state index in [0.29, 0.717) is 0 Å². The number of methoxy groups -OCH3 is 2. The fourth-order valence-corrected chi connectivity index (χ4v) is 3.71. The molecule has 3 heterocycles. The zero-order valence-electron chi connectivity index (χ0n) is 10.8. The Labute approximate surface area is 105 Å². The molecular formula is C12H16O6. The number of esters is 2. The third-order valence-corrected chi connectivity index (χ3v) is 4.54. The van der Waals surface area contributed by atoms with Crippen molar-refractivity contribution in [3.05, 3.63) is 0 Å². The van der Waals surface area contributed by atoms with Gasteiger partial charge in [-0.15, -0.1) is 0 Å². The second-order valence-electron chi connectivity index (χ2n) is 5.45. The molecule has 2 bridgehead atoms. The first-order chi connectivity index (χ1) is 8.40. The van der Waals surface area contributed by atoms with Crippen molar-refractivity contribution in [2.45, 2.75) is 37.3 Å². The molecule has 6 atom stereocenters. The van der Waals surface area contributed by atoms with Gasteiger partial charge in [-0.3, -0.25) is 9.59 Å². The molecule has 0 saturated carbocycles. The lowest BCUT2D eigenvalue weighted by atomic mass is 9.67. The van der Waals surface area contributed by atoms with Gasteiger partial charge in [-0.1, -0.05) is 0 Å². The monoisotopic (exact) mass is 256 g/mol. The van der Waals surface area contributed by atoms with Crippen LogP contribution in [0.3, 0.4) is 0 Å². The molecule has 100 valence electrons. The minimum atomic E-state index is -0.800. The van der Waals surface area contributed by atoms with E-state index in [-0.39, 0.29) is 12.2 Å². The van der Waals surface area contributed by atoms with Crippen molar-refractivity contribution in [2.24, 2.45) is 11.8 Å². The third-order valence-electron chi connectivity index (χ3n) is 4.54. The van der Waals surface area contributed by atoms with Gasteiger partial charge in [-0.05, 0) is 13.8 Å². The number of hydrogen-bond acceptors (Lipinski definition) is 6. The van der Waals surface area contributed by atoms with Crippen molar-refractivity contribution in [1.82, 2.24) is 0 Å². The molecule has 0 aromatic rings. The van der Waals surface area contributed by atoms with Crippen LogP contribution in [0.1, 0.15) is 13.8 Å². The van der Waals surface area contributed by atoms with Crippen LogP contribution in [0.5, 0.6) is 0 Å². The summed E-state index contributed by atoms with van der Waals surface area (Å²) in [6, 6.07) is 0. The lowest BCUT2D eigenvalue weighted by Gasteiger charge is -2.29. The SMILES string of the molecule is COC(=O)[C@@H]1[C@H](C(=O)OC)[C@@]2(C)O[C@@]1(C)[C@@H]1O[C@@H]12. The van der Waals surface area contributed by atoms with E-state index in [9.17, 15) is 9.59 Å². The molecule has 3 aliphatic rings. The highest BCUT2D eigenvalue weighted by Crippen LogP contribution is 2.66. The summed E-state index contributed by atoms with van der Waals surface area (Å²) < 4.78 is 21.1. The predicted molar refractivity (Wildman–Crippen MR) is 57.6 cm³/mol. The second-order valence-corrected chi connectivity index (χ2v) is 5.45. The topological polar surface area (TPSA) is 74.4 Å². The standard InChI is InChI=1S/C12H16O6/c1-11-5(9(13)15-3)6(10(14)16-4)12(2,18-11)8-7(11)17-8/h5-8H,1-4H3/t5-,6+,7+,8-,11-,12-/m1/s1. The van der Waals surface area contributed by atoms with Gasteiger partial charge in [-0.25, -0.2) is 0 Å². The number of fused-ring (bicyclic) bond motifs is 5. The van der Waals surface area contributed by atoms with E-state index in [2.05, 4.69) is 0 Å². The Morgan fingerprint density at radius 2 is 1.33 bits per heavy atom. The van der Waals surface area contributed by atoms with Crippen LogP contribution >= 0.6 is 0 Å². The number of carbonyl (C=O) groups excluding carboxylic acids is 2. The number of rotatable bonds is 2. The molecule has 3 saturated heterocycles. The van der Waals surface area contributed by atoms with Gasteiger partial charge in [-0.2, -0.15) is 0 Å². The van der Waals surface area contributed by atoms with E-state index in [1.807, 2.05) is 0 Å². The Bertz CT molecular complexity index is 396. The first-order valence-corrected chi connectivity index (χ1v) is 5.91. The summed E-state index contributed by atoms with van der Waals surface area (Å²) in [5.74, 6) is -2.26. The summed E-state index contributed by atoms with van der Waals surface area (Å²) >= 11 is 0. The number of hydrogen-bond donors (Lipinski definition) is 0. The molecule has 0 aromatic heterocycles. The second kappa shape index (κ2) is 3.24. The van der Waals surface area contributed by atoms with E-state index in [0.717, 1.165) is 0 Å². The van der Waals surface area contributed by atoms with Gasteiger partial charge >= 0.3 is 11.9 Å². The summed E-state index contributed by atoms with van der Waals surface area (Å²) in [6.07, 6.45) is -0.264. The smallest absolute Gasteiger partial charge is 0.312 e. The lowest BCUT2D eigenvalue weighted by Crippen LogP contribution is -2.51. The molecule has 0 amide bonds. The average molecular weight is 256 g/mol. The van der Waals surface area contributed by atoms with Crippen molar-refractivity contribution in [1.29, 1.82) is 0 Å². The molecule has 0 radical (unpaired) electrons. The van der Waals surface area contributed by atoms with Crippen LogP contribution in [0, 0.1) is 11.8 Å². The molecule has 3 aliphatic heterocycles. The van der Waals surface area contributed by atoms with Gasteiger partial charge in [0.2, 0.25) is 0 Å². The molecule has 0 spiro atoms. The van der Waals surface area contributed by atoms with Crippen molar-refractivity contribution >= 4 is 11.9 Å². The summed E-state index contributed by atoms with van der Waals surface area (Å²) in [6.45, 7) is 3.60. The Hall–Kier alpha value is -1.14. The van der Waals surface area contributed by atoms with E-state index in [1.54, 1.807) is 13.8 Å². The molecule has 0 aliphatic carbocycles. The molecule has 6 heteroatoms. The average Bonchev–Trinajstić information content (AvgIpc) is 3.07. The van der Waals surface area contributed by atoms with Crippen LogP contribution in [-0.2, 0) is 28.5 Å². The van der Waals surface area contributed by atoms with Crippen molar-refractivity contribution < 1.29 is 28.5 Å². The Morgan fingerprint density at radius 1 is 0.944 bits per heavy atom. The predicted octanol–water partition coefficient (Wildman–Crippen LogP) is -0.107. The normalized spacial score (nSPS) is 51.8. The van der Waals surface area contributed by atoms with Crippen LogP contribution in [-0.4, -0.2) is 49.6 Å². The number of ether oxygens (including phenoxy) is 4. The Balaban J connectivity index is 2.05. The minimum Gasteiger partial charge on any atom is -0.469 e. The van der Waals surface area contributed by atoms with Gasteiger partial charge in [0.15, 0.2) is 0 Å². The van der Waals surface area contributed by atoms with Gasteiger partial charge in [0.05, 0.1) is 14.2 Å². The van der Waals surface area contributed by atoms with Crippen molar-refractivity contribution in [3.63, 3.8) is 0 Å². The Morgan fingerprint density at radius 3 is 1.67 bits per heavy atom. The highest BCUT2D eigenvalue weighted by atomic mass is 16.7. The maximum atomic E-state index is 12.0. The van der Waals surface area contributed by atoms with Crippen LogP contribution in [0.25, 0.3) is 0 Å². The molecular weight excluding hydrogens is 240 g/mol. The van der Waals surface area contributed by atoms with Crippen LogP contribution in [0.15, 0.2) is 0 Å². The van der Waals surface area contributed by atoms with E-state index in [1.165, 1.54) is 14.2 Å². The minimum absolute atomic E-state index is 0.132. The fraction of sp³-hybridized carbons (Fsp3) is 0.833. The zero-order valence-corrected chi connectivity index (χ0v) is 10.8.